The summed E-state index contributed by atoms with van der Waals surface area (Å²) in [5.41, 5.74) is 2.22. The van der Waals surface area contributed by atoms with E-state index < -0.39 is 5.82 Å². The van der Waals surface area contributed by atoms with Crippen molar-refractivity contribution in [3.63, 3.8) is 0 Å². The molecule has 0 spiro atoms. The summed E-state index contributed by atoms with van der Waals surface area (Å²) in [6.45, 7) is 4.72. The lowest BCUT2D eigenvalue weighted by atomic mass is 10.1. The zero-order valence-corrected chi connectivity index (χ0v) is 18.8. The van der Waals surface area contributed by atoms with E-state index in [1.54, 1.807) is 42.6 Å². The summed E-state index contributed by atoms with van der Waals surface area (Å²) < 4.78 is 38.9. The molecule has 178 valence electrons. The van der Waals surface area contributed by atoms with Gasteiger partial charge in [0.25, 0.3) is 0 Å². The van der Waals surface area contributed by atoms with Crippen molar-refractivity contribution in [2.24, 2.45) is 0 Å². The van der Waals surface area contributed by atoms with Gasteiger partial charge < -0.3 is 14.8 Å². The number of carbonyl (C=O) groups excluding carboxylic acids is 1. The molecule has 4 rings (SSSR count). The van der Waals surface area contributed by atoms with Crippen LogP contribution in [0.5, 0.6) is 5.75 Å². The smallest absolute Gasteiger partial charge is 0.224 e. The van der Waals surface area contributed by atoms with E-state index in [1.165, 1.54) is 18.2 Å². The van der Waals surface area contributed by atoms with E-state index in [0.29, 0.717) is 34.7 Å². The molecule has 0 radical (unpaired) electrons. The molecule has 2 heterocycles. The van der Waals surface area contributed by atoms with Crippen LogP contribution >= 0.6 is 0 Å². The number of halogens is 2. The van der Waals surface area contributed by atoms with Crippen LogP contribution in [-0.4, -0.2) is 55.2 Å². The minimum Gasteiger partial charge on any atom is -0.492 e. The van der Waals surface area contributed by atoms with E-state index in [4.69, 9.17) is 9.47 Å². The third kappa shape index (κ3) is 6.82. The molecule has 1 aliphatic heterocycles. The lowest BCUT2D eigenvalue weighted by molar-refractivity contribution is -0.120. The molecule has 2 aromatic carbocycles. The van der Waals surface area contributed by atoms with E-state index in [9.17, 15) is 13.6 Å². The molecule has 1 fully saturated rings. The maximum absolute atomic E-state index is 14.7. The van der Waals surface area contributed by atoms with Crippen molar-refractivity contribution >= 4 is 5.91 Å². The zero-order chi connectivity index (χ0) is 23.8. The normalized spacial score (nSPS) is 14.1. The van der Waals surface area contributed by atoms with Gasteiger partial charge in [-0.15, -0.1) is 0 Å². The van der Waals surface area contributed by atoms with Gasteiger partial charge in [0.1, 0.15) is 24.0 Å². The highest BCUT2D eigenvalue weighted by atomic mass is 19.1. The molecule has 1 amide bonds. The number of morpholine rings is 1. The summed E-state index contributed by atoms with van der Waals surface area (Å²) in [4.78, 5) is 18.8. The van der Waals surface area contributed by atoms with Gasteiger partial charge in [-0.1, -0.05) is 18.2 Å². The van der Waals surface area contributed by atoms with Crippen LogP contribution in [0.4, 0.5) is 8.78 Å². The number of nitrogens with zero attached hydrogens (tertiary/aromatic N) is 2. The van der Waals surface area contributed by atoms with Crippen LogP contribution in [0.3, 0.4) is 0 Å². The first-order chi connectivity index (χ1) is 16.6. The first-order valence-electron chi connectivity index (χ1n) is 11.3. The molecule has 1 saturated heterocycles. The van der Waals surface area contributed by atoms with Gasteiger partial charge >= 0.3 is 0 Å². The average molecular weight is 468 g/mol. The molecule has 3 aromatic rings. The standard InChI is InChI=1S/C26H27F2N3O3/c27-21-3-1-2-19(14-21)18-30-26(32)15-20-4-7-25(29-17-20)23-6-5-22(16-24(23)28)34-13-10-31-8-11-33-12-9-31/h1-7,14,16-17H,8-13,15,18H2,(H,30,32). The van der Waals surface area contributed by atoms with Crippen molar-refractivity contribution in [3.8, 4) is 17.0 Å². The fourth-order valence-electron chi connectivity index (χ4n) is 3.69. The number of carbonyl (C=O) groups is 1. The van der Waals surface area contributed by atoms with Crippen LogP contribution in [-0.2, 0) is 22.5 Å². The van der Waals surface area contributed by atoms with Crippen LogP contribution in [0, 0.1) is 11.6 Å². The Balaban J connectivity index is 1.28. The Kier molecular flexibility index (Phi) is 8.17. The third-order valence-electron chi connectivity index (χ3n) is 5.56. The number of hydrogen-bond donors (Lipinski definition) is 1. The van der Waals surface area contributed by atoms with Crippen molar-refractivity contribution < 1.29 is 23.0 Å². The molecule has 0 atom stereocenters. The van der Waals surface area contributed by atoms with Gasteiger partial charge in [0, 0.05) is 44.0 Å². The van der Waals surface area contributed by atoms with Crippen LogP contribution < -0.4 is 10.1 Å². The average Bonchev–Trinajstić information content (AvgIpc) is 2.84. The summed E-state index contributed by atoms with van der Waals surface area (Å²) >= 11 is 0. The lowest BCUT2D eigenvalue weighted by Gasteiger charge is -2.26. The first kappa shape index (κ1) is 23.8. The largest absolute Gasteiger partial charge is 0.492 e. The molecule has 0 bridgehead atoms. The molecule has 6 nitrogen and oxygen atoms in total. The molecule has 34 heavy (non-hydrogen) atoms. The number of nitrogens with one attached hydrogen (secondary N) is 1. The van der Waals surface area contributed by atoms with Gasteiger partial charge in [-0.05, 0) is 41.5 Å². The van der Waals surface area contributed by atoms with Gasteiger partial charge in [0.2, 0.25) is 5.91 Å². The minimum absolute atomic E-state index is 0.126. The predicted octanol–water partition coefficient (Wildman–Crippen LogP) is 3.60. The van der Waals surface area contributed by atoms with Crippen molar-refractivity contribution in [1.82, 2.24) is 15.2 Å². The van der Waals surface area contributed by atoms with E-state index in [0.717, 1.165) is 32.8 Å². The Bertz CT molecular complexity index is 1100. The highest BCUT2D eigenvalue weighted by Crippen LogP contribution is 2.25. The Morgan fingerprint density at radius 3 is 2.65 bits per heavy atom. The fraction of sp³-hybridized carbons (Fsp3) is 0.308. The van der Waals surface area contributed by atoms with Gasteiger partial charge in [0.15, 0.2) is 0 Å². The Hall–Kier alpha value is -3.36. The maximum atomic E-state index is 14.7. The topological polar surface area (TPSA) is 63.7 Å². The quantitative estimate of drug-likeness (QED) is 0.521. The number of ether oxygens (including phenoxy) is 2. The number of amides is 1. The van der Waals surface area contributed by atoms with Gasteiger partial charge in [-0.25, -0.2) is 8.78 Å². The third-order valence-corrected chi connectivity index (χ3v) is 5.56. The Morgan fingerprint density at radius 2 is 1.91 bits per heavy atom. The number of aromatic nitrogens is 1. The first-order valence-corrected chi connectivity index (χ1v) is 11.3. The summed E-state index contributed by atoms with van der Waals surface area (Å²) in [6.07, 6.45) is 1.68. The van der Waals surface area contributed by atoms with Crippen molar-refractivity contribution in [2.45, 2.75) is 13.0 Å². The number of pyridine rings is 1. The van der Waals surface area contributed by atoms with Crippen molar-refractivity contribution in [3.05, 3.63) is 83.6 Å². The SMILES string of the molecule is O=C(Cc1ccc(-c2ccc(OCCN3CCOCC3)cc2F)nc1)NCc1cccc(F)c1. The van der Waals surface area contributed by atoms with Crippen LogP contribution in [0.15, 0.2) is 60.8 Å². The fourth-order valence-corrected chi connectivity index (χ4v) is 3.69. The molecule has 8 heteroatoms. The Morgan fingerprint density at radius 1 is 1.06 bits per heavy atom. The van der Waals surface area contributed by atoms with Crippen LogP contribution in [0.25, 0.3) is 11.3 Å². The predicted molar refractivity (Wildman–Crippen MR) is 124 cm³/mol. The summed E-state index contributed by atoms with van der Waals surface area (Å²) in [7, 11) is 0. The molecule has 0 unspecified atom stereocenters. The number of hydrogen-bond acceptors (Lipinski definition) is 5. The molecular weight excluding hydrogens is 440 g/mol. The van der Waals surface area contributed by atoms with Gasteiger partial charge in [-0.2, -0.15) is 0 Å². The van der Waals surface area contributed by atoms with Crippen LogP contribution in [0.2, 0.25) is 0 Å². The molecule has 0 aliphatic carbocycles. The highest BCUT2D eigenvalue weighted by Gasteiger charge is 2.12. The second kappa shape index (κ2) is 11.7. The molecule has 1 aliphatic rings. The molecule has 1 N–H and O–H groups in total. The summed E-state index contributed by atoms with van der Waals surface area (Å²) in [6, 6.07) is 14.3. The number of benzene rings is 2. The maximum Gasteiger partial charge on any atom is 0.224 e. The minimum atomic E-state index is -0.419. The molecular formula is C26H27F2N3O3. The van der Waals surface area contributed by atoms with E-state index >= 15 is 0 Å². The second-order valence-corrected chi connectivity index (χ2v) is 8.08. The van der Waals surface area contributed by atoms with Crippen molar-refractivity contribution in [2.75, 3.05) is 39.5 Å². The zero-order valence-electron chi connectivity index (χ0n) is 18.8. The van der Waals surface area contributed by atoms with Crippen LogP contribution in [0.1, 0.15) is 11.1 Å². The van der Waals surface area contributed by atoms with Gasteiger partial charge in [-0.3, -0.25) is 14.7 Å². The van der Waals surface area contributed by atoms with E-state index in [1.807, 2.05) is 0 Å². The number of rotatable bonds is 9. The molecule has 1 aromatic heterocycles. The highest BCUT2D eigenvalue weighted by molar-refractivity contribution is 5.78. The Labute approximate surface area is 197 Å². The lowest BCUT2D eigenvalue weighted by Crippen LogP contribution is -2.38. The summed E-state index contributed by atoms with van der Waals surface area (Å²) in [5.74, 6) is -0.493. The monoisotopic (exact) mass is 467 g/mol. The van der Waals surface area contributed by atoms with E-state index in [2.05, 4.69) is 15.2 Å². The molecule has 0 saturated carbocycles. The second-order valence-electron chi connectivity index (χ2n) is 8.08. The van der Waals surface area contributed by atoms with E-state index in [-0.39, 0.29) is 24.7 Å². The summed E-state index contributed by atoms with van der Waals surface area (Å²) in [5, 5.41) is 2.76. The van der Waals surface area contributed by atoms with Gasteiger partial charge in [0.05, 0.1) is 25.3 Å². The van der Waals surface area contributed by atoms with Crippen molar-refractivity contribution in [1.29, 1.82) is 0 Å².